The quantitative estimate of drug-likeness (QED) is 0.388. The van der Waals surface area contributed by atoms with Gasteiger partial charge in [0, 0.05) is 33.9 Å². The lowest BCUT2D eigenvalue weighted by molar-refractivity contribution is 0.138. The number of guanidine groups is 1. The molecule has 0 radical (unpaired) electrons. The highest BCUT2D eigenvalue weighted by Gasteiger charge is 2.33. The number of nitrogens with one attached hydrogen (secondary N) is 2. The highest BCUT2D eigenvalue weighted by atomic mass is 16.5. The van der Waals surface area contributed by atoms with E-state index in [-0.39, 0.29) is 0 Å². The minimum absolute atomic E-state index is 0.365. The van der Waals surface area contributed by atoms with Crippen molar-refractivity contribution in [3.63, 3.8) is 0 Å². The molecule has 0 saturated heterocycles. The normalized spacial score (nSPS) is 16.6. The molecule has 0 spiro atoms. The Morgan fingerprint density at radius 2 is 1.88 bits per heavy atom. The number of benzene rings is 1. The van der Waals surface area contributed by atoms with E-state index in [4.69, 9.17) is 9.47 Å². The Bertz CT molecular complexity index is 499. The fraction of sp³-hybridized carbons (Fsp3) is 0.650. The molecule has 140 valence electrons. The van der Waals surface area contributed by atoms with Crippen LogP contribution in [0.3, 0.4) is 0 Å². The molecule has 5 nitrogen and oxygen atoms in total. The van der Waals surface area contributed by atoms with E-state index in [1.807, 2.05) is 37.4 Å². The molecule has 1 aromatic rings. The van der Waals surface area contributed by atoms with E-state index >= 15 is 0 Å². The molecule has 5 heteroatoms. The van der Waals surface area contributed by atoms with Gasteiger partial charge in [-0.2, -0.15) is 0 Å². The molecule has 25 heavy (non-hydrogen) atoms. The SMILES string of the molecule is CN=C(NCCCOc1ccccc1)NCC1(CCOC)CCCC1. The Labute approximate surface area is 152 Å². The van der Waals surface area contributed by atoms with Gasteiger partial charge in [-0.15, -0.1) is 0 Å². The average Bonchev–Trinajstić information content (AvgIpc) is 3.12. The molecule has 1 saturated carbocycles. The van der Waals surface area contributed by atoms with Crippen molar-refractivity contribution in [2.45, 2.75) is 38.5 Å². The number of hydrogen-bond acceptors (Lipinski definition) is 3. The number of nitrogens with zero attached hydrogens (tertiary/aromatic N) is 1. The molecule has 2 N–H and O–H groups in total. The molecular weight excluding hydrogens is 314 g/mol. The average molecular weight is 348 g/mol. The third kappa shape index (κ3) is 6.94. The first kappa shape index (κ1) is 19.6. The van der Waals surface area contributed by atoms with E-state index in [1.165, 1.54) is 25.7 Å². The standard InChI is InChI=1S/C20H33N3O2/c1-21-19(22-14-8-15-25-18-9-4-3-5-10-18)23-17-20(13-16-24-2)11-6-7-12-20/h3-5,9-10H,6-8,11-17H2,1-2H3,(H2,21,22,23). The van der Waals surface area contributed by atoms with Gasteiger partial charge in [-0.05, 0) is 43.2 Å². The van der Waals surface area contributed by atoms with Gasteiger partial charge in [0.2, 0.25) is 0 Å². The van der Waals surface area contributed by atoms with Crippen LogP contribution in [0.5, 0.6) is 5.75 Å². The second-order valence-electron chi connectivity index (χ2n) is 6.82. The lowest BCUT2D eigenvalue weighted by atomic mass is 9.83. The van der Waals surface area contributed by atoms with E-state index in [0.29, 0.717) is 12.0 Å². The largest absolute Gasteiger partial charge is 0.494 e. The summed E-state index contributed by atoms with van der Waals surface area (Å²) in [5, 5.41) is 6.89. The third-order valence-electron chi connectivity index (χ3n) is 4.98. The van der Waals surface area contributed by atoms with Crippen LogP contribution in [0.2, 0.25) is 0 Å². The maximum Gasteiger partial charge on any atom is 0.190 e. The summed E-state index contributed by atoms with van der Waals surface area (Å²) in [7, 11) is 3.61. The summed E-state index contributed by atoms with van der Waals surface area (Å²) in [5.41, 5.74) is 0.365. The van der Waals surface area contributed by atoms with E-state index in [2.05, 4.69) is 15.6 Å². The Morgan fingerprint density at radius 1 is 1.12 bits per heavy atom. The van der Waals surface area contributed by atoms with Crippen LogP contribution in [-0.2, 0) is 4.74 Å². The second-order valence-corrected chi connectivity index (χ2v) is 6.82. The van der Waals surface area contributed by atoms with Gasteiger partial charge in [0.15, 0.2) is 5.96 Å². The summed E-state index contributed by atoms with van der Waals surface area (Å²) in [4.78, 5) is 4.34. The van der Waals surface area contributed by atoms with Crippen molar-refractivity contribution in [3.8, 4) is 5.75 Å². The van der Waals surface area contributed by atoms with Gasteiger partial charge < -0.3 is 20.1 Å². The number of rotatable bonds is 10. The molecule has 0 amide bonds. The summed E-state index contributed by atoms with van der Waals surface area (Å²) in [6, 6.07) is 9.93. The fourth-order valence-electron chi connectivity index (χ4n) is 3.44. The first-order valence-corrected chi connectivity index (χ1v) is 9.39. The molecule has 2 rings (SSSR count). The molecular formula is C20H33N3O2. The van der Waals surface area contributed by atoms with Crippen LogP contribution >= 0.6 is 0 Å². The van der Waals surface area contributed by atoms with E-state index in [1.54, 1.807) is 7.11 Å². The topological polar surface area (TPSA) is 54.9 Å². The first-order chi connectivity index (χ1) is 12.3. The fourth-order valence-corrected chi connectivity index (χ4v) is 3.44. The molecule has 1 fully saturated rings. The van der Waals surface area contributed by atoms with Crippen LogP contribution in [0.25, 0.3) is 0 Å². The molecule has 0 aromatic heterocycles. The summed E-state index contributed by atoms with van der Waals surface area (Å²) in [6.45, 7) is 3.35. The number of ether oxygens (including phenoxy) is 2. The van der Waals surface area contributed by atoms with Gasteiger partial charge >= 0.3 is 0 Å². The van der Waals surface area contributed by atoms with Crippen molar-refractivity contribution in [3.05, 3.63) is 30.3 Å². The second kappa shape index (κ2) is 11.0. The van der Waals surface area contributed by atoms with Crippen molar-refractivity contribution in [1.29, 1.82) is 0 Å². The predicted octanol–water partition coefficient (Wildman–Crippen LogP) is 3.22. The van der Waals surface area contributed by atoms with Gasteiger partial charge in [0.05, 0.1) is 6.61 Å². The summed E-state index contributed by atoms with van der Waals surface area (Å²) < 4.78 is 11.0. The number of aliphatic imine (C=N–C) groups is 1. The number of para-hydroxylation sites is 1. The summed E-state index contributed by atoms with van der Waals surface area (Å²) >= 11 is 0. The predicted molar refractivity (Wildman–Crippen MR) is 103 cm³/mol. The lowest BCUT2D eigenvalue weighted by Crippen LogP contribution is -2.43. The van der Waals surface area contributed by atoms with Crippen LogP contribution in [-0.4, -0.2) is 46.4 Å². The third-order valence-corrected chi connectivity index (χ3v) is 4.98. The number of methoxy groups -OCH3 is 1. The Hall–Kier alpha value is -1.75. The molecule has 0 heterocycles. The first-order valence-electron chi connectivity index (χ1n) is 9.39. The monoisotopic (exact) mass is 347 g/mol. The van der Waals surface area contributed by atoms with Crippen molar-refractivity contribution >= 4 is 5.96 Å². The van der Waals surface area contributed by atoms with Crippen LogP contribution in [0, 0.1) is 5.41 Å². The minimum Gasteiger partial charge on any atom is -0.494 e. The summed E-state index contributed by atoms with van der Waals surface area (Å²) in [5.74, 6) is 1.80. The highest BCUT2D eigenvalue weighted by molar-refractivity contribution is 5.79. The van der Waals surface area contributed by atoms with E-state index in [0.717, 1.165) is 44.2 Å². The molecule has 1 aliphatic carbocycles. The van der Waals surface area contributed by atoms with Crippen LogP contribution in [0.15, 0.2) is 35.3 Å². The van der Waals surface area contributed by atoms with Crippen molar-refractivity contribution in [2.75, 3.05) is 40.5 Å². The van der Waals surface area contributed by atoms with E-state index in [9.17, 15) is 0 Å². The van der Waals surface area contributed by atoms with Crippen molar-refractivity contribution in [2.24, 2.45) is 10.4 Å². The van der Waals surface area contributed by atoms with Crippen molar-refractivity contribution < 1.29 is 9.47 Å². The van der Waals surface area contributed by atoms with Gasteiger partial charge in [-0.3, -0.25) is 4.99 Å². The number of hydrogen-bond donors (Lipinski definition) is 2. The lowest BCUT2D eigenvalue weighted by Gasteiger charge is -2.30. The van der Waals surface area contributed by atoms with Crippen LogP contribution in [0.1, 0.15) is 38.5 Å². The van der Waals surface area contributed by atoms with Crippen LogP contribution < -0.4 is 15.4 Å². The van der Waals surface area contributed by atoms with Gasteiger partial charge in [-0.1, -0.05) is 31.0 Å². The van der Waals surface area contributed by atoms with Gasteiger partial charge in [-0.25, -0.2) is 0 Å². The zero-order chi connectivity index (χ0) is 17.8. The Kier molecular flexibility index (Phi) is 8.60. The molecule has 1 aromatic carbocycles. The van der Waals surface area contributed by atoms with Crippen molar-refractivity contribution in [1.82, 2.24) is 10.6 Å². The molecule has 0 atom stereocenters. The van der Waals surface area contributed by atoms with Gasteiger partial charge in [0.1, 0.15) is 5.75 Å². The maximum absolute atomic E-state index is 5.71. The Morgan fingerprint density at radius 3 is 2.56 bits per heavy atom. The zero-order valence-corrected chi connectivity index (χ0v) is 15.7. The highest BCUT2D eigenvalue weighted by Crippen LogP contribution is 2.40. The molecule has 1 aliphatic rings. The van der Waals surface area contributed by atoms with Gasteiger partial charge in [0.25, 0.3) is 0 Å². The summed E-state index contributed by atoms with van der Waals surface area (Å²) in [6.07, 6.45) is 7.28. The Balaban J connectivity index is 1.64. The maximum atomic E-state index is 5.71. The minimum atomic E-state index is 0.365. The van der Waals surface area contributed by atoms with Crippen LogP contribution in [0.4, 0.5) is 0 Å². The van der Waals surface area contributed by atoms with E-state index < -0.39 is 0 Å². The zero-order valence-electron chi connectivity index (χ0n) is 15.7. The smallest absolute Gasteiger partial charge is 0.190 e. The molecule has 0 aliphatic heterocycles. The molecule has 0 unspecified atom stereocenters. The molecule has 0 bridgehead atoms.